The van der Waals surface area contributed by atoms with Gasteiger partial charge in [0.15, 0.2) is 5.13 Å². The van der Waals surface area contributed by atoms with E-state index >= 15 is 0 Å². The molecule has 0 radical (unpaired) electrons. The molecular weight excluding hydrogens is 661 g/mol. The van der Waals surface area contributed by atoms with Crippen LogP contribution in [-0.2, 0) is 9.59 Å². The molecule has 5 aromatic rings. The first kappa shape index (κ1) is 34.7. The number of aromatic nitrogens is 1. The molecule has 1 heterocycles. The predicted molar refractivity (Wildman–Crippen MR) is 195 cm³/mol. The first-order valence-corrected chi connectivity index (χ1v) is 16.8. The smallest absolute Gasteiger partial charge is 0.272 e. The van der Waals surface area contributed by atoms with Crippen LogP contribution in [0.25, 0.3) is 17.3 Å². The first-order valence-electron chi connectivity index (χ1n) is 15.0. The van der Waals surface area contributed by atoms with E-state index in [2.05, 4.69) is 20.9 Å². The molecule has 0 aliphatic heterocycles. The van der Waals surface area contributed by atoms with Crippen LogP contribution >= 0.6 is 23.1 Å². The van der Waals surface area contributed by atoms with Crippen molar-refractivity contribution in [3.63, 3.8) is 0 Å². The standard InChI is InChI=1S/C37H34N4O6S2/c1-23(34(42)41-37-40-32(22-48-37)25-12-8-14-28(18-25)45-2)49-30-15-9-13-27(20-30)38-36(44)31(39-35(43)24-10-6-5-7-11-24)19-26-16-17-29(46-3)21-33(26)47-4/h5-23H,1-4H3,(H,38,44)(H,39,43)(H,40,41,42)/b31-19+. The van der Waals surface area contributed by atoms with Crippen LogP contribution in [0, 0.1) is 0 Å². The van der Waals surface area contributed by atoms with Crippen molar-refractivity contribution < 1.29 is 28.6 Å². The fraction of sp³-hybridized carbons (Fsp3) is 0.135. The number of carbonyl (C=O) groups is 3. The fourth-order valence-electron chi connectivity index (χ4n) is 4.59. The Morgan fingerprint density at radius 2 is 1.57 bits per heavy atom. The maximum Gasteiger partial charge on any atom is 0.272 e. The lowest BCUT2D eigenvalue weighted by Gasteiger charge is -2.14. The fourth-order valence-corrected chi connectivity index (χ4v) is 6.24. The summed E-state index contributed by atoms with van der Waals surface area (Å²) < 4.78 is 16.1. The number of amides is 3. The number of anilines is 2. The number of ether oxygens (including phenoxy) is 3. The van der Waals surface area contributed by atoms with E-state index in [-0.39, 0.29) is 11.6 Å². The van der Waals surface area contributed by atoms with Gasteiger partial charge in [-0.1, -0.05) is 36.4 Å². The molecule has 10 nitrogen and oxygen atoms in total. The summed E-state index contributed by atoms with van der Waals surface area (Å²) in [4.78, 5) is 45.1. The summed E-state index contributed by atoms with van der Waals surface area (Å²) in [6, 6.07) is 28.4. The number of rotatable bonds is 13. The van der Waals surface area contributed by atoms with E-state index in [1.807, 2.05) is 35.7 Å². The Morgan fingerprint density at radius 1 is 0.816 bits per heavy atom. The summed E-state index contributed by atoms with van der Waals surface area (Å²) in [6.07, 6.45) is 1.54. The molecule has 0 aliphatic rings. The summed E-state index contributed by atoms with van der Waals surface area (Å²) in [6.45, 7) is 1.80. The minimum atomic E-state index is -0.550. The van der Waals surface area contributed by atoms with Crippen molar-refractivity contribution in [2.24, 2.45) is 0 Å². The molecule has 0 aliphatic carbocycles. The molecule has 0 saturated carbocycles. The third-order valence-electron chi connectivity index (χ3n) is 7.14. The number of nitrogens with one attached hydrogen (secondary N) is 3. The minimum Gasteiger partial charge on any atom is -0.497 e. The molecule has 12 heteroatoms. The van der Waals surface area contributed by atoms with Crippen molar-refractivity contribution in [2.75, 3.05) is 32.0 Å². The Labute approximate surface area is 292 Å². The Morgan fingerprint density at radius 3 is 2.33 bits per heavy atom. The third-order valence-corrected chi connectivity index (χ3v) is 8.99. The van der Waals surface area contributed by atoms with Gasteiger partial charge in [0.2, 0.25) is 5.91 Å². The molecule has 5 rings (SSSR count). The van der Waals surface area contributed by atoms with Gasteiger partial charge in [-0.3, -0.25) is 14.4 Å². The van der Waals surface area contributed by atoms with Crippen molar-refractivity contribution >= 4 is 57.7 Å². The van der Waals surface area contributed by atoms with Crippen LogP contribution in [0.1, 0.15) is 22.8 Å². The van der Waals surface area contributed by atoms with Gasteiger partial charge in [-0.05, 0) is 67.6 Å². The van der Waals surface area contributed by atoms with Crippen LogP contribution in [0.15, 0.2) is 113 Å². The lowest BCUT2D eigenvalue weighted by Crippen LogP contribution is -2.30. The third kappa shape index (κ3) is 9.28. The Bertz CT molecular complexity index is 1980. The Balaban J connectivity index is 1.28. The van der Waals surface area contributed by atoms with Gasteiger partial charge in [0.25, 0.3) is 11.8 Å². The zero-order valence-electron chi connectivity index (χ0n) is 27.2. The van der Waals surface area contributed by atoms with Gasteiger partial charge in [-0.25, -0.2) is 4.98 Å². The van der Waals surface area contributed by atoms with Crippen molar-refractivity contribution in [3.8, 4) is 28.5 Å². The number of thiazole rings is 1. The molecule has 4 aromatic carbocycles. The highest BCUT2D eigenvalue weighted by atomic mass is 32.2. The Hall–Kier alpha value is -5.59. The van der Waals surface area contributed by atoms with Crippen molar-refractivity contribution in [2.45, 2.75) is 17.1 Å². The molecule has 0 spiro atoms. The average molecular weight is 695 g/mol. The number of hydrogen-bond donors (Lipinski definition) is 3. The summed E-state index contributed by atoms with van der Waals surface area (Å²) in [5.74, 6) is 0.545. The second-order valence-electron chi connectivity index (χ2n) is 10.5. The summed E-state index contributed by atoms with van der Waals surface area (Å²) in [5.41, 5.74) is 3.05. The average Bonchev–Trinajstić information content (AvgIpc) is 3.60. The molecule has 49 heavy (non-hydrogen) atoms. The highest BCUT2D eigenvalue weighted by Gasteiger charge is 2.19. The van der Waals surface area contributed by atoms with Gasteiger partial charge in [-0.15, -0.1) is 23.1 Å². The van der Waals surface area contributed by atoms with Gasteiger partial charge in [0.1, 0.15) is 22.9 Å². The van der Waals surface area contributed by atoms with Crippen LogP contribution in [-0.4, -0.2) is 49.3 Å². The van der Waals surface area contributed by atoms with Gasteiger partial charge < -0.3 is 30.2 Å². The van der Waals surface area contributed by atoms with Crippen molar-refractivity contribution in [1.29, 1.82) is 0 Å². The van der Waals surface area contributed by atoms with Crippen LogP contribution < -0.4 is 30.2 Å². The highest BCUT2D eigenvalue weighted by molar-refractivity contribution is 8.00. The molecule has 1 atom stereocenters. The van der Waals surface area contributed by atoms with E-state index in [1.54, 1.807) is 87.9 Å². The number of carbonyl (C=O) groups excluding carboxylic acids is 3. The number of methoxy groups -OCH3 is 3. The van der Waals surface area contributed by atoms with Crippen LogP contribution in [0.3, 0.4) is 0 Å². The number of hydrogen-bond acceptors (Lipinski definition) is 9. The predicted octanol–water partition coefficient (Wildman–Crippen LogP) is 7.36. The molecule has 0 bridgehead atoms. The quantitative estimate of drug-likeness (QED) is 0.0862. The largest absolute Gasteiger partial charge is 0.497 e. The molecule has 1 unspecified atom stereocenters. The maximum absolute atomic E-state index is 13.6. The molecule has 0 saturated heterocycles. The molecular formula is C37H34N4O6S2. The van der Waals surface area contributed by atoms with Gasteiger partial charge >= 0.3 is 0 Å². The monoisotopic (exact) mass is 694 g/mol. The van der Waals surface area contributed by atoms with Crippen molar-refractivity contribution in [3.05, 3.63) is 119 Å². The number of nitrogens with zero attached hydrogens (tertiary/aromatic N) is 1. The topological polar surface area (TPSA) is 128 Å². The summed E-state index contributed by atoms with van der Waals surface area (Å²) >= 11 is 2.67. The van der Waals surface area contributed by atoms with Crippen molar-refractivity contribution in [1.82, 2.24) is 10.3 Å². The van der Waals surface area contributed by atoms with Gasteiger partial charge in [0.05, 0.1) is 32.3 Å². The molecule has 250 valence electrons. The zero-order valence-corrected chi connectivity index (χ0v) is 28.8. The normalized spacial score (nSPS) is 11.6. The molecule has 0 fully saturated rings. The van der Waals surface area contributed by atoms with Crippen LogP contribution in [0.5, 0.6) is 17.2 Å². The van der Waals surface area contributed by atoms with E-state index in [1.165, 1.54) is 36.3 Å². The van der Waals surface area contributed by atoms with Gasteiger partial charge in [0, 0.05) is 38.7 Å². The van der Waals surface area contributed by atoms with E-state index in [0.29, 0.717) is 33.4 Å². The highest BCUT2D eigenvalue weighted by Crippen LogP contribution is 2.31. The minimum absolute atomic E-state index is 0.000106. The summed E-state index contributed by atoms with van der Waals surface area (Å²) in [7, 11) is 4.66. The maximum atomic E-state index is 13.6. The lowest BCUT2D eigenvalue weighted by molar-refractivity contribution is -0.115. The summed E-state index contributed by atoms with van der Waals surface area (Å²) in [5, 5.41) is 10.4. The van der Waals surface area contributed by atoms with E-state index in [9.17, 15) is 14.4 Å². The zero-order chi connectivity index (χ0) is 34.8. The Kier molecular flexibility index (Phi) is 11.7. The first-order chi connectivity index (χ1) is 23.8. The number of benzene rings is 4. The van der Waals surface area contributed by atoms with Crippen LogP contribution in [0.2, 0.25) is 0 Å². The second kappa shape index (κ2) is 16.5. The lowest BCUT2D eigenvalue weighted by atomic mass is 10.1. The van der Waals surface area contributed by atoms with E-state index < -0.39 is 17.1 Å². The van der Waals surface area contributed by atoms with Gasteiger partial charge in [-0.2, -0.15) is 0 Å². The second-order valence-corrected chi connectivity index (χ2v) is 12.8. The van der Waals surface area contributed by atoms with E-state index in [4.69, 9.17) is 14.2 Å². The molecule has 3 amide bonds. The van der Waals surface area contributed by atoms with E-state index in [0.717, 1.165) is 21.9 Å². The molecule has 1 aromatic heterocycles. The SMILES string of the molecule is COc1cccc(-c2csc(NC(=O)C(C)Sc3cccc(NC(=O)/C(=C\c4ccc(OC)cc4OC)NC(=O)c4ccccc4)c3)n2)c1. The van der Waals surface area contributed by atoms with Crippen LogP contribution in [0.4, 0.5) is 10.8 Å². The molecule has 3 N–H and O–H groups in total. The number of thioether (sulfide) groups is 1.